The van der Waals surface area contributed by atoms with Gasteiger partial charge in [0.05, 0.1) is 19.3 Å². The highest BCUT2D eigenvalue weighted by Gasteiger charge is 2.35. The first-order chi connectivity index (χ1) is 13.2. The van der Waals surface area contributed by atoms with Crippen LogP contribution >= 0.6 is 0 Å². The molecule has 27 heavy (non-hydrogen) atoms. The van der Waals surface area contributed by atoms with E-state index >= 15 is 0 Å². The van der Waals surface area contributed by atoms with Gasteiger partial charge < -0.3 is 14.8 Å². The van der Waals surface area contributed by atoms with Crippen molar-refractivity contribution in [3.63, 3.8) is 0 Å². The minimum atomic E-state index is -0.508. The largest absolute Gasteiger partial charge is 0.496 e. The fourth-order valence-electron chi connectivity index (χ4n) is 3.48. The quantitative estimate of drug-likeness (QED) is 0.711. The van der Waals surface area contributed by atoms with Crippen molar-refractivity contribution in [2.24, 2.45) is 0 Å². The van der Waals surface area contributed by atoms with Crippen LogP contribution in [0.4, 0.5) is 5.95 Å². The molecule has 8 nitrogen and oxygen atoms in total. The summed E-state index contributed by atoms with van der Waals surface area (Å²) in [6.45, 7) is 3.89. The van der Waals surface area contributed by atoms with Gasteiger partial charge in [-0.15, -0.1) is 0 Å². The minimum Gasteiger partial charge on any atom is -0.496 e. The molecule has 1 unspecified atom stereocenters. The second-order valence-electron chi connectivity index (χ2n) is 6.14. The molecule has 1 N–H and O–H groups in total. The van der Waals surface area contributed by atoms with Crippen molar-refractivity contribution in [1.29, 1.82) is 0 Å². The normalized spacial score (nSPS) is 16.0. The zero-order valence-electron chi connectivity index (χ0n) is 15.3. The number of anilines is 1. The Morgan fingerprint density at radius 3 is 2.74 bits per heavy atom. The molecule has 0 saturated carbocycles. The van der Waals surface area contributed by atoms with Gasteiger partial charge >= 0.3 is 5.97 Å². The highest BCUT2D eigenvalue weighted by atomic mass is 16.5. The molecule has 0 saturated heterocycles. The summed E-state index contributed by atoms with van der Waals surface area (Å²) in [6, 6.07) is 11.2. The Kier molecular flexibility index (Phi) is 4.23. The number of rotatable bonds is 4. The van der Waals surface area contributed by atoms with Crippen molar-refractivity contribution in [3.05, 3.63) is 53.2 Å². The van der Waals surface area contributed by atoms with E-state index in [1.165, 1.54) is 0 Å². The maximum atomic E-state index is 12.8. The molecule has 0 fully saturated rings. The van der Waals surface area contributed by atoms with Gasteiger partial charge in [-0.2, -0.15) is 4.68 Å². The molecule has 1 aliphatic heterocycles. The topological polar surface area (TPSA) is 91.2 Å². The summed E-state index contributed by atoms with van der Waals surface area (Å²) in [6.07, 6.45) is 0. The highest BCUT2D eigenvalue weighted by molar-refractivity contribution is 5.96. The van der Waals surface area contributed by atoms with Crippen molar-refractivity contribution in [2.75, 3.05) is 19.0 Å². The number of nitrogens with one attached hydrogen (secondary N) is 1. The summed E-state index contributed by atoms with van der Waals surface area (Å²) < 4.78 is 12.4. The van der Waals surface area contributed by atoms with E-state index < -0.39 is 12.0 Å². The summed E-state index contributed by atoms with van der Waals surface area (Å²) >= 11 is 0. The van der Waals surface area contributed by atoms with Crippen LogP contribution in [0.5, 0.6) is 5.75 Å². The number of hydrogen-bond donors (Lipinski definition) is 1. The summed E-state index contributed by atoms with van der Waals surface area (Å²) in [5.74, 6) is 0.845. The predicted octanol–water partition coefficient (Wildman–Crippen LogP) is 2.69. The molecule has 8 heteroatoms. The number of tetrazole rings is 1. The Bertz CT molecular complexity index is 1060. The zero-order chi connectivity index (χ0) is 19.0. The van der Waals surface area contributed by atoms with Crippen molar-refractivity contribution >= 4 is 22.7 Å². The summed E-state index contributed by atoms with van der Waals surface area (Å²) in [5, 5.41) is 16.9. The number of esters is 1. The molecule has 1 aromatic heterocycles. The molecule has 0 radical (unpaired) electrons. The molecule has 2 aromatic carbocycles. The lowest BCUT2D eigenvalue weighted by molar-refractivity contribution is -0.139. The van der Waals surface area contributed by atoms with Crippen molar-refractivity contribution in [1.82, 2.24) is 20.2 Å². The molecule has 4 rings (SSSR count). The van der Waals surface area contributed by atoms with Gasteiger partial charge in [-0.1, -0.05) is 35.4 Å². The summed E-state index contributed by atoms with van der Waals surface area (Å²) in [4.78, 5) is 12.8. The van der Waals surface area contributed by atoms with Crippen LogP contribution < -0.4 is 10.1 Å². The predicted molar refractivity (Wildman–Crippen MR) is 99.4 cm³/mol. The number of nitrogens with zero attached hydrogens (tertiary/aromatic N) is 4. The fraction of sp³-hybridized carbons (Fsp3) is 0.263. The zero-order valence-corrected chi connectivity index (χ0v) is 15.3. The highest BCUT2D eigenvalue weighted by Crippen LogP contribution is 2.40. The number of hydrogen-bond acceptors (Lipinski definition) is 7. The molecular weight excluding hydrogens is 346 g/mol. The third-order valence-electron chi connectivity index (χ3n) is 4.64. The van der Waals surface area contributed by atoms with Gasteiger partial charge in [-0.3, -0.25) is 0 Å². The Balaban J connectivity index is 1.98. The number of benzene rings is 2. The number of carbonyl (C=O) groups excluding carboxylic acids is 1. The number of ether oxygens (including phenoxy) is 2. The molecule has 1 aliphatic rings. The smallest absolute Gasteiger partial charge is 0.338 e. The molecule has 2 heterocycles. The van der Waals surface area contributed by atoms with E-state index in [0.29, 0.717) is 17.2 Å². The number of carbonyl (C=O) groups is 1. The Hall–Kier alpha value is -3.42. The van der Waals surface area contributed by atoms with E-state index in [1.54, 1.807) is 18.7 Å². The van der Waals surface area contributed by atoms with Crippen LogP contribution in [-0.2, 0) is 9.53 Å². The standard InChI is InChI=1S/C19H19N5O3/c1-4-27-18(25)16-11(2)20-19-21-22-23-24(19)17(16)14-9-10-15(26-3)13-8-6-5-7-12(13)14/h5-10,17H,4H2,1-3H3,(H,20,21,23). The molecule has 0 spiro atoms. The molecule has 0 amide bonds. The van der Waals surface area contributed by atoms with Crippen LogP contribution in [0.2, 0.25) is 0 Å². The first-order valence-corrected chi connectivity index (χ1v) is 8.64. The van der Waals surface area contributed by atoms with Crippen molar-refractivity contribution in [3.8, 4) is 5.75 Å². The molecule has 0 bridgehead atoms. The van der Waals surface area contributed by atoms with Crippen molar-refractivity contribution < 1.29 is 14.3 Å². The Morgan fingerprint density at radius 2 is 2.00 bits per heavy atom. The van der Waals surface area contributed by atoms with Gasteiger partial charge in [0, 0.05) is 11.1 Å². The average molecular weight is 365 g/mol. The maximum Gasteiger partial charge on any atom is 0.338 e. The van der Waals surface area contributed by atoms with E-state index in [9.17, 15) is 4.79 Å². The van der Waals surface area contributed by atoms with Crippen LogP contribution in [0, 0.1) is 0 Å². The molecule has 1 atom stereocenters. The average Bonchev–Trinajstić information content (AvgIpc) is 3.14. The number of methoxy groups -OCH3 is 1. The second-order valence-corrected chi connectivity index (χ2v) is 6.14. The number of fused-ring (bicyclic) bond motifs is 2. The third kappa shape index (κ3) is 2.69. The monoisotopic (exact) mass is 365 g/mol. The molecule has 0 aliphatic carbocycles. The van der Waals surface area contributed by atoms with Gasteiger partial charge in [0.1, 0.15) is 11.8 Å². The maximum absolute atomic E-state index is 12.8. The van der Waals surface area contributed by atoms with Crippen LogP contribution in [0.15, 0.2) is 47.7 Å². The van der Waals surface area contributed by atoms with Gasteiger partial charge in [0.25, 0.3) is 0 Å². The molecular formula is C19H19N5O3. The van der Waals surface area contributed by atoms with Gasteiger partial charge in [-0.25, -0.2) is 4.79 Å². The first kappa shape index (κ1) is 17.0. The fourth-order valence-corrected chi connectivity index (χ4v) is 3.48. The Morgan fingerprint density at radius 1 is 1.22 bits per heavy atom. The van der Waals surface area contributed by atoms with E-state index in [1.807, 2.05) is 43.3 Å². The van der Waals surface area contributed by atoms with Crippen LogP contribution in [0.1, 0.15) is 25.5 Å². The van der Waals surface area contributed by atoms with Crippen molar-refractivity contribution in [2.45, 2.75) is 19.9 Å². The van der Waals surface area contributed by atoms with E-state index in [0.717, 1.165) is 22.1 Å². The van der Waals surface area contributed by atoms with Crippen LogP contribution in [-0.4, -0.2) is 39.9 Å². The summed E-state index contributed by atoms with van der Waals surface area (Å²) in [7, 11) is 1.64. The molecule has 3 aromatic rings. The minimum absolute atomic E-state index is 0.286. The third-order valence-corrected chi connectivity index (χ3v) is 4.64. The van der Waals surface area contributed by atoms with E-state index in [4.69, 9.17) is 9.47 Å². The van der Waals surface area contributed by atoms with Gasteiger partial charge in [0.2, 0.25) is 5.95 Å². The number of aromatic nitrogens is 4. The molecule has 138 valence electrons. The SMILES string of the molecule is CCOC(=O)C1=C(C)Nc2nnnn2C1c1ccc(OC)c2ccccc12. The van der Waals surface area contributed by atoms with Crippen LogP contribution in [0.3, 0.4) is 0 Å². The van der Waals surface area contributed by atoms with Gasteiger partial charge in [-0.05, 0) is 41.3 Å². The van der Waals surface area contributed by atoms with Crippen LogP contribution in [0.25, 0.3) is 10.8 Å². The first-order valence-electron chi connectivity index (χ1n) is 8.64. The van der Waals surface area contributed by atoms with Gasteiger partial charge in [0.15, 0.2) is 0 Å². The lowest BCUT2D eigenvalue weighted by Gasteiger charge is -2.28. The van der Waals surface area contributed by atoms with E-state index in [2.05, 4.69) is 20.8 Å². The number of allylic oxidation sites excluding steroid dienone is 1. The summed E-state index contributed by atoms with van der Waals surface area (Å²) in [5.41, 5.74) is 2.04. The lowest BCUT2D eigenvalue weighted by Crippen LogP contribution is -2.29. The van der Waals surface area contributed by atoms with E-state index in [-0.39, 0.29) is 6.61 Å². The second kappa shape index (κ2) is 6.71. The lowest BCUT2D eigenvalue weighted by atomic mass is 9.91. The Labute approximate surface area is 155 Å².